The molecule has 0 aliphatic heterocycles. The summed E-state index contributed by atoms with van der Waals surface area (Å²) in [6, 6.07) is -0.551. The Bertz CT molecular complexity index is 1120. The Kier molecular flexibility index (Phi) is 57.0. The highest BCUT2D eigenvalue weighted by molar-refractivity contribution is 5.76. The third-order valence-corrected chi connectivity index (χ3v) is 14.2. The largest absolute Gasteiger partial charge is 0.466 e. The first kappa shape index (κ1) is 67.1. The van der Waals surface area contributed by atoms with Crippen LogP contribution in [-0.4, -0.2) is 47.4 Å². The first-order valence-electron chi connectivity index (χ1n) is 30.8. The van der Waals surface area contributed by atoms with Crippen LogP contribution in [0.3, 0.4) is 0 Å². The second-order valence-electron chi connectivity index (χ2n) is 21.1. The summed E-state index contributed by atoms with van der Waals surface area (Å²) in [4.78, 5) is 24.5. The number of hydrogen-bond donors (Lipinski definition) is 3. The van der Waals surface area contributed by atoms with Crippen LogP contribution in [0.25, 0.3) is 0 Å². The minimum atomic E-state index is -0.672. The fraction of sp³-hybridized carbons (Fsp3) is 0.873. The van der Waals surface area contributed by atoms with Gasteiger partial charge in [-0.05, 0) is 83.5 Å². The van der Waals surface area contributed by atoms with Gasteiger partial charge in [-0.2, -0.15) is 0 Å². The molecule has 0 aromatic carbocycles. The Balaban J connectivity index is 3.48. The smallest absolute Gasteiger partial charge is 0.305 e. The molecule has 3 N–H and O–H groups in total. The predicted molar refractivity (Wildman–Crippen MR) is 301 cm³/mol. The van der Waals surface area contributed by atoms with Gasteiger partial charge in [-0.15, -0.1) is 0 Å². The molecule has 0 spiro atoms. The second kappa shape index (κ2) is 58.6. The van der Waals surface area contributed by atoms with Crippen molar-refractivity contribution in [1.82, 2.24) is 5.32 Å². The molecule has 0 heterocycles. The molecule has 0 saturated heterocycles. The molecule has 0 fully saturated rings. The van der Waals surface area contributed by atoms with Gasteiger partial charge in [-0.1, -0.05) is 269 Å². The highest BCUT2D eigenvalue weighted by atomic mass is 16.5. The lowest BCUT2D eigenvalue weighted by atomic mass is 10.0. The SMILES string of the molecule is CCCCC/C=C\CCCCCCCC(=O)OCCCCC/C=C\C=C/CCCCCCCCCCCCC(=O)NC(CO)C(O)CCCCCCCCCCCCCCCCCCCCCCC. The summed E-state index contributed by atoms with van der Waals surface area (Å²) >= 11 is 0. The quantitative estimate of drug-likeness (QED) is 0.0244. The standard InChI is InChI=1S/C63H119NO5/c1-3-5-7-9-11-13-15-17-18-19-20-21-23-26-29-32-35-39-43-47-51-55-61(66)60(59-65)64-62(67)56-52-48-44-40-36-33-30-27-24-22-25-28-31-34-38-42-46-50-54-58-69-63(68)57-53-49-45-41-37-16-14-12-10-8-6-4-2/h12,14,28,31,34,38,60-61,65-66H,3-11,13,15-27,29-30,32-33,35-37,39-59H2,1-2H3,(H,64,67)/b14-12-,31-28-,38-34-. The van der Waals surface area contributed by atoms with E-state index in [9.17, 15) is 19.8 Å². The molecular formula is C63H119NO5. The summed E-state index contributed by atoms with van der Waals surface area (Å²) in [7, 11) is 0. The molecule has 0 aliphatic rings. The number of esters is 1. The maximum atomic E-state index is 12.5. The molecule has 6 heteroatoms. The number of allylic oxidation sites excluding steroid dienone is 6. The van der Waals surface area contributed by atoms with E-state index in [0.717, 1.165) is 70.6 Å². The Labute approximate surface area is 430 Å². The Morgan fingerprint density at radius 1 is 0.406 bits per heavy atom. The van der Waals surface area contributed by atoms with E-state index in [1.165, 1.54) is 225 Å². The van der Waals surface area contributed by atoms with Crippen LogP contribution in [-0.2, 0) is 14.3 Å². The van der Waals surface area contributed by atoms with Crippen molar-refractivity contribution in [3.63, 3.8) is 0 Å². The van der Waals surface area contributed by atoms with Gasteiger partial charge in [-0.25, -0.2) is 0 Å². The summed E-state index contributed by atoms with van der Waals surface area (Å²) in [6.07, 6.45) is 72.9. The van der Waals surface area contributed by atoms with E-state index in [-0.39, 0.29) is 18.5 Å². The summed E-state index contributed by atoms with van der Waals surface area (Å²) in [5.74, 6) is -0.0657. The highest BCUT2D eigenvalue weighted by Crippen LogP contribution is 2.17. The molecule has 0 aromatic rings. The molecule has 6 nitrogen and oxygen atoms in total. The Morgan fingerprint density at radius 3 is 1.14 bits per heavy atom. The molecule has 0 rings (SSSR count). The fourth-order valence-electron chi connectivity index (χ4n) is 9.45. The van der Waals surface area contributed by atoms with E-state index >= 15 is 0 Å². The molecule has 0 radical (unpaired) electrons. The van der Waals surface area contributed by atoms with Crippen molar-refractivity contribution in [3.05, 3.63) is 36.5 Å². The number of nitrogens with one attached hydrogen (secondary N) is 1. The number of hydrogen-bond acceptors (Lipinski definition) is 5. The van der Waals surface area contributed by atoms with Crippen LogP contribution in [0.2, 0.25) is 0 Å². The fourth-order valence-corrected chi connectivity index (χ4v) is 9.45. The van der Waals surface area contributed by atoms with E-state index in [2.05, 4.69) is 55.6 Å². The average molecular weight is 971 g/mol. The number of aliphatic hydroxyl groups excluding tert-OH is 2. The van der Waals surface area contributed by atoms with E-state index < -0.39 is 12.1 Å². The Hall–Kier alpha value is -1.92. The van der Waals surface area contributed by atoms with Crippen molar-refractivity contribution < 1.29 is 24.5 Å². The average Bonchev–Trinajstić information content (AvgIpc) is 3.35. The normalized spacial score (nSPS) is 12.8. The van der Waals surface area contributed by atoms with Gasteiger partial charge in [0.1, 0.15) is 0 Å². The van der Waals surface area contributed by atoms with Crippen LogP contribution in [0.5, 0.6) is 0 Å². The van der Waals surface area contributed by atoms with Crippen molar-refractivity contribution in [3.8, 4) is 0 Å². The van der Waals surface area contributed by atoms with E-state index in [4.69, 9.17) is 4.74 Å². The van der Waals surface area contributed by atoms with Crippen molar-refractivity contribution in [2.75, 3.05) is 13.2 Å². The first-order valence-corrected chi connectivity index (χ1v) is 30.8. The topological polar surface area (TPSA) is 95.9 Å². The molecule has 0 aliphatic carbocycles. The van der Waals surface area contributed by atoms with Gasteiger partial charge in [0, 0.05) is 12.8 Å². The molecule has 2 unspecified atom stereocenters. The number of ether oxygens (including phenoxy) is 1. The van der Waals surface area contributed by atoms with E-state index in [1.807, 2.05) is 0 Å². The number of unbranched alkanes of at least 4 members (excludes halogenated alkanes) is 41. The third-order valence-electron chi connectivity index (χ3n) is 14.2. The molecule has 0 bridgehead atoms. The lowest BCUT2D eigenvalue weighted by Crippen LogP contribution is -2.45. The molecule has 69 heavy (non-hydrogen) atoms. The van der Waals surface area contributed by atoms with Crippen LogP contribution in [0.15, 0.2) is 36.5 Å². The van der Waals surface area contributed by atoms with Gasteiger partial charge in [0.05, 0.1) is 25.4 Å². The molecule has 2 atom stereocenters. The molecule has 406 valence electrons. The molecule has 0 aromatic heterocycles. The summed E-state index contributed by atoms with van der Waals surface area (Å²) in [5, 5.41) is 23.4. The summed E-state index contributed by atoms with van der Waals surface area (Å²) in [6.45, 7) is 4.90. The van der Waals surface area contributed by atoms with Gasteiger partial charge in [0.25, 0.3) is 0 Å². The van der Waals surface area contributed by atoms with Crippen LogP contribution >= 0.6 is 0 Å². The molecular weight excluding hydrogens is 851 g/mol. The number of carbonyl (C=O) groups excluding carboxylic acids is 2. The maximum Gasteiger partial charge on any atom is 0.305 e. The number of rotatable bonds is 57. The van der Waals surface area contributed by atoms with Gasteiger partial charge < -0.3 is 20.3 Å². The van der Waals surface area contributed by atoms with Crippen LogP contribution in [0, 0.1) is 0 Å². The van der Waals surface area contributed by atoms with Crippen molar-refractivity contribution in [2.45, 2.75) is 341 Å². The van der Waals surface area contributed by atoms with Crippen LogP contribution < -0.4 is 5.32 Å². The minimum Gasteiger partial charge on any atom is -0.466 e. The van der Waals surface area contributed by atoms with Crippen molar-refractivity contribution in [2.24, 2.45) is 0 Å². The molecule has 0 saturated carbocycles. The zero-order valence-electron chi connectivity index (χ0n) is 46.3. The predicted octanol–water partition coefficient (Wildman–Crippen LogP) is 19.2. The van der Waals surface area contributed by atoms with E-state index in [0.29, 0.717) is 25.9 Å². The summed E-state index contributed by atoms with van der Waals surface area (Å²) < 4.78 is 5.44. The van der Waals surface area contributed by atoms with Gasteiger partial charge >= 0.3 is 5.97 Å². The third kappa shape index (κ3) is 55.2. The summed E-state index contributed by atoms with van der Waals surface area (Å²) in [5.41, 5.74) is 0. The first-order chi connectivity index (χ1) is 34.0. The number of aliphatic hydroxyl groups is 2. The minimum absolute atomic E-state index is 0.0232. The van der Waals surface area contributed by atoms with Gasteiger partial charge in [-0.3, -0.25) is 9.59 Å². The van der Waals surface area contributed by atoms with Crippen LogP contribution in [0.4, 0.5) is 0 Å². The number of amides is 1. The van der Waals surface area contributed by atoms with E-state index in [1.54, 1.807) is 0 Å². The zero-order valence-corrected chi connectivity index (χ0v) is 46.3. The zero-order chi connectivity index (χ0) is 50.0. The van der Waals surface area contributed by atoms with Gasteiger partial charge in [0.15, 0.2) is 0 Å². The second-order valence-corrected chi connectivity index (χ2v) is 21.1. The molecule has 1 amide bonds. The van der Waals surface area contributed by atoms with Crippen molar-refractivity contribution >= 4 is 11.9 Å². The maximum absolute atomic E-state index is 12.5. The number of carbonyl (C=O) groups is 2. The lowest BCUT2D eigenvalue weighted by Gasteiger charge is -2.22. The Morgan fingerprint density at radius 2 is 0.725 bits per heavy atom. The van der Waals surface area contributed by atoms with Crippen LogP contribution in [0.1, 0.15) is 328 Å². The van der Waals surface area contributed by atoms with Gasteiger partial charge in [0.2, 0.25) is 5.91 Å². The van der Waals surface area contributed by atoms with Crippen molar-refractivity contribution in [1.29, 1.82) is 0 Å². The highest BCUT2D eigenvalue weighted by Gasteiger charge is 2.20. The monoisotopic (exact) mass is 970 g/mol. The lowest BCUT2D eigenvalue weighted by molar-refractivity contribution is -0.143.